The minimum Gasteiger partial charge on any atom is -0.494 e. The Morgan fingerprint density at radius 1 is 1.16 bits per heavy atom. The highest BCUT2D eigenvalue weighted by Gasteiger charge is 2.00. The summed E-state index contributed by atoms with van der Waals surface area (Å²) < 4.78 is 18.9. The number of hydrogen-bond donors (Lipinski definition) is 1. The molecule has 0 aliphatic rings. The molecule has 100 valence electrons. The predicted molar refractivity (Wildman–Crippen MR) is 79.0 cm³/mol. The van der Waals surface area contributed by atoms with Gasteiger partial charge in [-0.2, -0.15) is 0 Å². The van der Waals surface area contributed by atoms with Crippen molar-refractivity contribution in [1.82, 2.24) is 0 Å². The number of hydrogen-bond acceptors (Lipinski definition) is 2. The number of anilines is 1. The molecule has 2 aromatic rings. The van der Waals surface area contributed by atoms with Crippen LogP contribution in [0.5, 0.6) is 5.75 Å². The van der Waals surface area contributed by atoms with Gasteiger partial charge >= 0.3 is 0 Å². The van der Waals surface area contributed by atoms with Crippen molar-refractivity contribution in [3.63, 3.8) is 0 Å². The van der Waals surface area contributed by atoms with E-state index in [1.54, 1.807) is 12.1 Å². The van der Waals surface area contributed by atoms with Crippen LogP contribution in [0.4, 0.5) is 10.1 Å². The van der Waals surface area contributed by atoms with Crippen molar-refractivity contribution in [1.29, 1.82) is 0 Å². The van der Waals surface area contributed by atoms with Crippen LogP contribution in [0.25, 0.3) is 0 Å². The number of benzene rings is 2. The van der Waals surface area contributed by atoms with Crippen LogP contribution < -0.4 is 10.1 Å². The van der Waals surface area contributed by atoms with Crippen molar-refractivity contribution >= 4 is 21.6 Å². The molecule has 2 rings (SSSR count). The summed E-state index contributed by atoms with van der Waals surface area (Å²) >= 11 is 3.17. The monoisotopic (exact) mass is 323 g/mol. The van der Waals surface area contributed by atoms with E-state index in [2.05, 4.69) is 21.2 Å². The molecule has 0 unspecified atom stereocenters. The zero-order valence-corrected chi connectivity index (χ0v) is 12.2. The van der Waals surface area contributed by atoms with E-state index >= 15 is 0 Å². The normalized spacial score (nSPS) is 10.3. The van der Waals surface area contributed by atoms with Crippen LogP contribution in [-0.2, 0) is 6.54 Å². The minimum atomic E-state index is -0.258. The third-order valence-corrected chi connectivity index (χ3v) is 3.26. The first kappa shape index (κ1) is 13.9. The van der Waals surface area contributed by atoms with Crippen molar-refractivity contribution in [3.05, 3.63) is 58.3 Å². The Labute approximate surface area is 120 Å². The zero-order chi connectivity index (χ0) is 13.7. The van der Waals surface area contributed by atoms with Crippen molar-refractivity contribution in [2.24, 2.45) is 0 Å². The molecule has 0 bridgehead atoms. The van der Waals surface area contributed by atoms with E-state index in [9.17, 15) is 4.39 Å². The Morgan fingerprint density at radius 2 is 1.89 bits per heavy atom. The fourth-order valence-electron chi connectivity index (χ4n) is 1.68. The highest BCUT2D eigenvalue weighted by Crippen LogP contribution is 2.20. The van der Waals surface area contributed by atoms with Crippen molar-refractivity contribution in [2.45, 2.75) is 13.5 Å². The molecule has 0 radical (unpaired) electrons. The predicted octanol–water partition coefficient (Wildman–Crippen LogP) is 4.60. The lowest BCUT2D eigenvalue weighted by molar-refractivity contribution is 0.340. The van der Waals surface area contributed by atoms with Crippen molar-refractivity contribution in [3.8, 4) is 5.75 Å². The smallest absolute Gasteiger partial charge is 0.137 e. The van der Waals surface area contributed by atoms with E-state index in [-0.39, 0.29) is 5.82 Å². The Kier molecular flexibility index (Phi) is 4.80. The van der Waals surface area contributed by atoms with Crippen molar-refractivity contribution < 1.29 is 9.13 Å². The molecule has 0 spiro atoms. The van der Waals surface area contributed by atoms with Crippen molar-refractivity contribution in [2.75, 3.05) is 11.9 Å². The largest absolute Gasteiger partial charge is 0.494 e. The summed E-state index contributed by atoms with van der Waals surface area (Å²) in [6.45, 7) is 3.31. The number of nitrogens with one attached hydrogen (secondary N) is 1. The molecule has 2 aromatic carbocycles. The van der Waals surface area contributed by atoms with Gasteiger partial charge in [0.05, 0.1) is 11.1 Å². The highest BCUT2D eigenvalue weighted by molar-refractivity contribution is 9.10. The summed E-state index contributed by atoms with van der Waals surface area (Å²) in [5.41, 5.74) is 2.02. The van der Waals surface area contributed by atoms with Gasteiger partial charge in [0.15, 0.2) is 0 Å². The van der Waals surface area contributed by atoms with Gasteiger partial charge in [0, 0.05) is 12.2 Å². The van der Waals surface area contributed by atoms with E-state index in [4.69, 9.17) is 4.74 Å². The lowest BCUT2D eigenvalue weighted by Gasteiger charge is -2.08. The molecule has 0 aromatic heterocycles. The summed E-state index contributed by atoms with van der Waals surface area (Å²) in [6.07, 6.45) is 0. The van der Waals surface area contributed by atoms with Gasteiger partial charge in [-0.3, -0.25) is 0 Å². The lowest BCUT2D eigenvalue weighted by atomic mass is 10.2. The molecule has 0 aliphatic heterocycles. The average Bonchev–Trinajstić information content (AvgIpc) is 2.42. The van der Waals surface area contributed by atoms with Gasteiger partial charge in [-0.1, -0.05) is 12.1 Å². The van der Waals surface area contributed by atoms with E-state index in [1.165, 1.54) is 6.07 Å². The van der Waals surface area contributed by atoms with Gasteiger partial charge in [0.25, 0.3) is 0 Å². The van der Waals surface area contributed by atoms with Crippen LogP contribution in [0, 0.1) is 5.82 Å². The Hall–Kier alpha value is -1.55. The molecule has 4 heteroatoms. The first-order valence-corrected chi connectivity index (χ1v) is 6.89. The van der Waals surface area contributed by atoms with Gasteiger partial charge < -0.3 is 10.1 Å². The van der Waals surface area contributed by atoms with Gasteiger partial charge in [-0.25, -0.2) is 4.39 Å². The second-order valence-electron chi connectivity index (χ2n) is 4.06. The van der Waals surface area contributed by atoms with Crippen LogP contribution >= 0.6 is 15.9 Å². The Morgan fingerprint density at radius 3 is 2.53 bits per heavy atom. The molecule has 1 N–H and O–H groups in total. The molecule has 0 atom stereocenters. The SMILES string of the molecule is CCOc1ccc(CNc2ccc(F)c(Br)c2)cc1. The summed E-state index contributed by atoms with van der Waals surface area (Å²) in [4.78, 5) is 0. The molecule has 0 heterocycles. The third-order valence-electron chi connectivity index (χ3n) is 2.65. The lowest BCUT2D eigenvalue weighted by Crippen LogP contribution is -2.00. The Balaban J connectivity index is 1.96. The molecule has 0 amide bonds. The van der Waals surface area contributed by atoms with Gasteiger partial charge in [0.1, 0.15) is 11.6 Å². The fraction of sp³-hybridized carbons (Fsp3) is 0.200. The first-order chi connectivity index (χ1) is 9.19. The molecule has 0 saturated carbocycles. The molecular weight excluding hydrogens is 309 g/mol. The molecule has 0 fully saturated rings. The number of ether oxygens (including phenoxy) is 1. The topological polar surface area (TPSA) is 21.3 Å². The number of halogens is 2. The van der Waals surface area contributed by atoms with Crippen LogP contribution in [0.1, 0.15) is 12.5 Å². The molecule has 0 aliphatic carbocycles. The minimum absolute atomic E-state index is 0.258. The van der Waals surface area contributed by atoms with Gasteiger partial charge in [0.2, 0.25) is 0 Å². The number of rotatable bonds is 5. The quantitative estimate of drug-likeness (QED) is 0.868. The second kappa shape index (κ2) is 6.57. The van der Waals surface area contributed by atoms with E-state index < -0.39 is 0 Å². The summed E-state index contributed by atoms with van der Waals surface area (Å²) in [7, 11) is 0. The second-order valence-corrected chi connectivity index (χ2v) is 4.91. The van der Waals surface area contributed by atoms with Gasteiger partial charge in [-0.05, 0) is 58.7 Å². The van der Waals surface area contributed by atoms with Crippen LogP contribution in [0.2, 0.25) is 0 Å². The fourth-order valence-corrected chi connectivity index (χ4v) is 2.06. The molecular formula is C15H15BrFNO. The summed E-state index contributed by atoms with van der Waals surface area (Å²) in [5.74, 6) is 0.613. The standard InChI is InChI=1S/C15H15BrFNO/c1-2-19-13-6-3-11(4-7-13)10-18-12-5-8-15(17)14(16)9-12/h3-9,18H,2,10H2,1H3. The average molecular weight is 324 g/mol. The van der Waals surface area contributed by atoms with E-state index in [1.807, 2.05) is 31.2 Å². The first-order valence-electron chi connectivity index (χ1n) is 6.09. The van der Waals surface area contributed by atoms with Gasteiger partial charge in [-0.15, -0.1) is 0 Å². The molecule has 19 heavy (non-hydrogen) atoms. The van der Waals surface area contributed by atoms with Crippen LogP contribution in [0.15, 0.2) is 46.9 Å². The maximum atomic E-state index is 13.1. The summed E-state index contributed by atoms with van der Waals surface area (Å²) in [6, 6.07) is 12.8. The van der Waals surface area contributed by atoms with Crippen LogP contribution in [0.3, 0.4) is 0 Å². The molecule has 0 saturated heterocycles. The molecule has 2 nitrogen and oxygen atoms in total. The van der Waals surface area contributed by atoms with E-state index in [0.29, 0.717) is 17.6 Å². The third kappa shape index (κ3) is 3.96. The van der Waals surface area contributed by atoms with Crippen LogP contribution in [-0.4, -0.2) is 6.61 Å². The zero-order valence-electron chi connectivity index (χ0n) is 10.6. The highest BCUT2D eigenvalue weighted by atomic mass is 79.9. The van der Waals surface area contributed by atoms with E-state index in [0.717, 1.165) is 17.0 Å². The Bertz CT molecular complexity index is 542. The maximum Gasteiger partial charge on any atom is 0.137 e. The summed E-state index contributed by atoms with van der Waals surface area (Å²) in [5, 5.41) is 3.24. The maximum absolute atomic E-state index is 13.1.